The van der Waals surface area contributed by atoms with Crippen LogP contribution in [0.15, 0.2) is 113 Å². The number of aromatic nitrogens is 3. The molecule has 0 spiro atoms. The van der Waals surface area contributed by atoms with Gasteiger partial charge in [-0.15, -0.1) is 10.2 Å². The second kappa shape index (κ2) is 10.8. The molecular formula is C32H23N5O4. The Bertz CT molecular complexity index is 1950. The number of rotatable bonds is 7. The summed E-state index contributed by atoms with van der Waals surface area (Å²) in [5.41, 5.74) is 3.81. The van der Waals surface area contributed by atoms with E-state index in [2.05, 4.69) is 15.2 Å². The smallest absolute Gasteiger partial charge is 0.302 e. The predicted octanol–water partition coefficient (Wildman–Crippen LogP) is 6.41. The molecule has 3 heterocycles. The van der Waals surface area contributed by atoms with Crippen LogP contribution in [0.3, 0.4) is 0 Å². The lowest BCUT2D eigenvalue weighted by molar-refractivity contribution is -0.120. The molecule has 0 fully saturated rings. The molecule has 41 heavy (non-hydrogen) atoms. The molecule has 0 aliphatic heterocycles. The summed E-state index contributed by atoms with van der Waals surface area (Å²) >= 11 is 0. The molecule has 200 valence electrons. The Morgan fingerprint density at radius 1 is 0.927 bits per heavy atom. The third-order valence-electron chi connectivity index (χ3n) is 6.67. The topological polar surface area (TPSA) is 119 Å². The van der Waals surface area contributed by atoms with Crippen LogP contribution in [0, 0.1) is 0 Å². The highest BCUT2D eigenvalue weighted by Gasteiger charge is 2.19. The lowest BCUT2D eigenvalue weighted by Gasteiger charge is -2.11. The molecule has 0 unspecified atom stereocenters. The Morgan fingerprint density at radius 3 is 2.49 bits per heavy atom. The van der Waals surface area contributed by atoms with E-state index in [0.29, 0.717) is 33.6 Å². The van der Waals surface area contributed by atoms with Crippen LogP contribution in [0.1, 0.15) is 15.9 Å². The minimum atomic E-state index is -0.624. The lowest BCUT2D eigenvalue weighted by atomic mass is 9.97. The summed E-state index contributed by atoms with van der Waals surface area (Å²) in [7, 11) is 1.70. The van der Waals surface area contributed by atoms with E-state index < -0.39 is 5.91 Å². The molecule has 1 amide bonds. The van der Waals surface area contributed by atoms with E-state index >= 15 is 0 Å². The Kier molecular flexibility index (Phi) is 6.75. The largest absolute Gasteiger partial charge is 0.493 e. The average Bonchev–Trinajstić information content (AvgIpc) is 3.27. The average molecular weight is 542 g/mol. The number of hydrogen-bond acceptors (Lipinski definition) is 7. The van der Waals surface area contributed by atoms with Crippen molar-refractivity contribution in [3.63, 3.8) is 0 Å². The van der Waals surface area contributed by atoms with Gasteiger partial charge in [-0.05, 0) is 48.5 Å². The van der Waals surface area contributed by atoms with Crippen LogP contribution < -0.4 is 4.74 Å². The minimum Gasteiger partial charge on any atom is -0.493 e. The van der Waals surface area contributed by atoms with Crippen molar-refractivity contribution in [1.29, 1.82) is 0 Å². The van der Waals surface area contributed by atoms with Gasteiger partial charge >= 0.3 is 5.91 Å². The summed E-state index contributed by atoms with van der Waals surface area (Å²) in [6.45, 7) is -0.359. The van der Waals surface area contributed by atoms with Crippen molar-refractivity contribution in [3.8, 4) is 22.9 Å². The van der Waals surface area contributed by atoms with Crippen molar-refractivity contribution in [1.82, 2.24) is 14.5 Å². The fourth-order valence-electron chi connectivity index (χ4n) is 4.59. The zero-order chi connectivity index (χ0) is 28.3. The number of ketones is 1. The number of carbonyl (C=O) groups is 2. The molecule has 0 saturated carbocycles. The summed E-state index contributed by atoms with van der Waals surface area (Å²) in [5, 5.41) is 19.5. The van der Waals surface area contributed by atoms with Crippen LogP contribution in [0.2, 0.25) is 0 Å². The van der Waals surface area contributed by atoms with Crippen molar-refractivity contribution in [2.24, 2.45) is 17.3 Å². The van der Waals surface area contributed by atoms with E-state index in [-0.39, 0.29) is 24.0 Å². The van der Waals surface area contributed by atoms with E-state index in [1.165, 1.54) is 0 Å². The van der Waals surface area contributed by atoms with Crippen LogP contribution in [0.25, 0.3) is 33.2 Å². The fourth-order valence-corrected chi connectivity index (χ4v) is 4.59. The van der Waals surface area contributed by atoms with Gasteiger partial charge in [0.2, 0.25) is 5.88 Å². The molecule has 6 aromatic rings. The maximum Gasteiger partial charge on any atom is 0.302 e. The maximum atomic E-state index is 13.6. The third kappa shape index (κ3) is 5.04. The maximum absolute atomic E-state index is 13.6. The van der Waals surface area contributed by atoms with Gasteiger partial charge in [0.15, 0.2) is 23.7 Å². The molecule has 0 aliphatic carbocycles. The van der Waals surface area contributed by atoms with E-state index in [1.807, 2.05) is 60.7 Å². The van der Waals surface area contributed by atoms with Crippen molar-refractivity contribution >= 4 is 39.3 Å². The number of aromatic hydroxyl groups is 1. The Morgan fingerprint density at radius 2 is 1.68 bits per heavy atom. The van der Waals surface area contributed by atoms with Gasteiger partial charge in [0.25, 0.3) is 0 Å². The SMILES string of the molecule is Cn1c(O)c(N=NC(=O)COc2ccc(C(=O)c3cc4cccnc4nc3-c3ccccc3)cc2)c2ccccc21. The van der Waals surface area contributed by atoms with Crippen molar-refractivity contribution < 1.29 is 19.4 Å². The number of amides is 1. The quantitative estimate of drug-likeness (QED) is 0.184. The Hall–Kier alpha value is -5.70. The zero-order valence-electron chi connectivity index (χ0n) is 21.9. The first-order chi connectivity index (χ1) is 20.0. The second-order valence-corrected chi connectivity index (χ2v) is 9.28. The van der Waals surface area contributed by atoms with Crippen LogP contribution in [-0.4, -0.2) is 37.9 Å². The predicted molar refractivity (Wildman–Crippen MR) is 154 cm³/mol. The molecule has 3 aromatic heterocycles. The van der Waals surface area contributed by atoms with Crippen LogP contribution in [-0.2, 0) is 11.8 Å². The first-order valence-electron chi connectivity index (χ1n) is 12.8. The number of pyridine rings is 2. The molecule has 9 nitrogen and oxygen atoms in total. The summed E-state index contributed by atoms with van der Waals surface area (Å²) < 4.78 is 7.14. The van der Waals surface area contributed by atoms with Crippen molar-refractivity contribution in [2.45, 2.75) is 0 Å². The van der Waals surface area contributed by atoms with Gasteiger partial charge in [-0.1, -0.05) is 48.5 Å². The number of ether oxygens (including phenoxy) is 1. The molecule has 0 atom stereocenters. The van der Waals surface area contributed by atoms with E-state index in [1.54, 1.807) is 54.2 Å². The number of benzene rings is 3. The molecule has 0 saturated heterocycles. The number of aryl methyl sites for hydroxylation is 1. The molecule has 9 heteroatoms. The summed E-state index contributed by atoms with van der Waals surface area (Å²) in [4.78, 5) is 35.0. The van der Waals surface area contributed by atoms with Crippen molar-refractivity contribution in [2.75, 3.05) is 6.61 Å². The molecule has 3 aromatic carbocycles. The lowest BCUT2D eigenvalue weighted by Crippen LogP contribution is -2.09. The zero-order valence-corrected chi connectivity index (χ0v) is 21.9. The van der Waals surface area contributed by atoms with Gasteiger partial charge in [-0.25, -0.2) is 9.97 Å². The first kappa shape index (κ1) is 25.6. The molecule has 0 radical (unpaired) electrons. The van der Waals surface area contributed by atoms with Gasteiger partial charge in [0.05, 0.1) is 11.2 Å². The van der Waals surface area contributed by atoms with Crippen LogP contribution in [0.4, 0.5) is 5.69 Å². The highest BCUT2D eigenvalue weighted by molar-refractivity contribution is 6.13. The number of para-hydroxylation sites is 1. The molecule has 1 N–H and O–H groups in total. The molecular weight excluding hydrogens is 518 g/mol. The second-order valence-electron chi connectivity index (χ2n) is 9.28. The van der Waals surface area contributed by atoms with E-state index in [4.69, 9.17) is 9.72 Å². The number of fused-ring (bicyclic) bond motifs is 2. The van der Waals surface area contributed by atoms with E-state index in [0.717, 1.165) is 16.5 Å². The number of nitrogens with zero attached hydrogens (tertiary/aromatic N) is 5. The molecule has 0 bridgehead atoms. The number of carbonyl (C=O) groups excluding carboxylic acids is 2. The first-order valence-corrected chi connectivity index (χ1v) is 12.8. The summed E-state index contributed by atoms with van der Waals surface area (Å²) in [6, 6.07) is 28.8. The van der Waals surface area contributed by atoms with Gasteiger partial charge in [0, 0.05) is 40.7 Å². The Labute approximate surface area is 234 Å². The highest BCUT2D eigenvalue weighted by Crippen LogP contribution is 2.37. The highest BCUT2D eigenvalue weighted by atomic mass is 16.5. The summed E-state index contributed by atoms with van der Waals surface area (Å²) in [6.07, 6.45) is 1.67. The van der Waals surface area contributed by atoms with Gasteiger partial charge in [-0.2, -0.15) is 0 Å². The van der Waals surface area contributed by atoms with Crippen molar-refractivity contribution in [3.05, 3.63) is 114 Å². The normalized spacial score (nSPS) is 11.3. The van der Waals surface area contributed by atoms with Crippen LogP contribution >= 0.6 is 0 Å². The van der Waals surface area contributed by atoms with Crippen LogP contribution in [0.5, 0.6) is 11.6 Å². The van der Waals surface area contributed by atoms with Gasteiger partial charge < -0.3 is 14.4 Å². The molecule has 6 rings (SSSR count). The third-order valence-corrected chi connectivity index (χ3v) is 6.67. The standard InChI is InChI=1S/C32H23N5O4/c1-37-26-12-6-5-11-24(26)29(32(37)40)36-35-27(38)19-41-23-15-13-21(14-16-23)30(39)25-18-22-10-7-17-33-31(22)34-28(25)20-8-3-2-4-9-20/h2-18,40H,19H2,1H3. The van der Waals surface area contributed by atoms with Gasteiger partial charge in [0.1, 0.15) is 5.75 Å². The minimum absolute atomic E-state index is 0.0859. The van der Waals surface area contributed by atoms with Gasteiger partial charge in [-0.3, -0.25) is 9.59 Å². The van der Waals surface area contributed by atoms with E-state index in [9.17, 15) is 14.7 Å². The fraction of sp³-hybridized carbons (Fsp3) is 0.0625. The number of hydrogen-bond donors (Lipinski definition) is 1. The number of azo groups is 1. The monoisotopic (exact) mass is 541 g/mol. The summed E-state index contributed by atoms with van der Waals surface area (Å²) in [5.74, 6) is -0.520. The Balaban J connectivity index is 1.18. The molecule has 0 aliphatic rings.